The molecule has 0 saturated carbocycles. The first-order chi connectivity index (χ1) is 11.5. The average molecular weight is 349 g/mol. The molecule has 1 aliphatic rings. The smallest absolute Gasteiger partial charge is 0.243 e. The molecule has 1 aromatic heterocycles. The largest absolute Gasteiger partial charge is 0.381 e. The first-order valence-electron chi connectivity index (χ1n) is 7.92. The van der Waals surface area contributed by atoms with Gasteiger partial charge in [-0.2, -0.15) is 0 Å². The van der Waals surface area contributed by atoms with E-state index in [1.54, 1.807) is 12.1 Å². The zero-order chi connectivity index (χ0) is 17.1. The van der Waals surface area contributed by atoms with Gasteiger partial charge in [0.15, 0.2) is 5.13 Å². The zero-order valence-corrected chi connectivity index (χ0v) is 14.2. The van der Waals surface area contributed by atoms with Crippen LogP contribution in [0.1, 0.15) is 17.7 Å². The summed E-state index contributed by atoms with van der Waals surface area (Å²) in [6.45, 7) is 3.22. The molecule has 1 aromatic carbocycles. The van der Waals surface area contributed by atoms with Crippen LogP contribution in [0.3, 0.4) is 0 Å². The quantitative estimate of drug-likeness (QED) is 0.890. The Bertz CT molecular complexity index is 711. The van der Waals surface area contributed by atoms with E-state index in [1.807, 2.05) is 6.92 Å². The van der Waals surface area contributed by atoms with Crippen molar-refractivity contribution in [3.05, 3.63) is 35.0 Å². The molecular formula is C17H20FN3O2S. The maximum atomic E-state index is 13.0. The Morgan fingerprint density at radius 3 is 2.71 bits per heavy atom. The minimum atomic E-state index is -0.563. The van der Waals surface area contributed by atoms with Crippen LogP contribution in [0.25, 0.3) is 11.3 Å². The number of amides is 1. The molecule has 128 valence electrons. The van der Waals surface area contributed by atoms with Gasteiger partial charge in [-0.1, -0.05) is 0 Å². The topological polar surface area (TPSA) is 77.2 Å². The highest BCUT2D eigenvalue weighted by Crippen LogP contribution is 2.30. The van der Waals surface area contributed by atoms with Gasteiger partial charge in [-0.05, 0) is 49.9 Å². The van der Waals surface area contributed by atoms with Gasteiger partial charge in [-0.15, -0.1) is 11.3 Å². The summed E-state index contributed by atoms with van der Waals surface area (Å²) in [6.07, 6.45) is 1.60. The van der Waals surface area contributed by atoms with Gasteiger partial charge in [-0.25, -0.2) is 9.37 Å². The molecule has 2 heterocycles. The molecule has 5 nitrogen and oxygen atoms in total. The normalized spacial score (nSPS) is 16.8. The molecule has 7 heteroatoms. The van der Waals surface area contributed by atoms with Crippen molar-refractivity contribution in [2.45, 2.75) is 25.8 Å². The lowest BCUT2D eigenvalue weighted by Gasteiger charge is -2.26. The molecule has 24 heavy (non-hydrogen) atoms. The van der Waals surface area contributed by atoms with Crippen molar-refractivity contribution in [3.8, 4) is 11.3 Å². The van der Waals surface area contributed by atoms with Crippen LogP contribution in [0, 0.1) is 18.7 Å². The average Bonchev–Trinajstić information content (AvgIpc) is 2.96. The van der Waals surface area contributed by atoms with Crippen LogP contribution in [0.2, 0.25) is 0 Å². The van der Waals surface area contributed by atoms with Crippen molar-refractivity contribution in [2.24, 2.45) is 11.7 Å². The summed E-state index contributed by atoms with van der Waals surface area (Å²) in [7, 11) is 0. The first kappa shape index (κ1) is 17.0. The van der Waals surface area contributed by atoms with Gasteiger partial charge in [-0.3, -0.25) is 4.79 Å². The number of thiazole rings is 1. The fourth-order valence-electron chi connectivity index (χ4n) is 2.80. The Kier molecular flexibility index (Phi) is 5.23. The summed E-state index contributed by atoms with van der Waals surface area (Å²) in [5.41, 5.74) is 7.64. The van der Waals surface area contributed by atoms with Gasteiger partial charge < -0.3 is 15.8 Å². The number of nitrogens with two attached hydrogens (primary N) is 1. The van der Waals surface area contributed by atoms with Crippen LogP contribution < -0.4 is 11.1 Å². The zero-order valence-electron chi connectivity index (χ0n) is 13.4. The van der Waals surface area contributed by atoms with Crippen molar-refractivity contribution >= 4 is 22.4 Å². The number of aryl methyl sites for hydroxylation is 1. The SMILES string of the molecule is Cc1sc(NC(=O)C(N)C2CCOCC2)nc1-c1ccc(F)cc1. The van der Waals surface area contributed by atoms with Gasteiger partial charge in [0.05, 0.1) is 11.7 Å². The fraction of sp³-hybridized carbons (Fsp3) is 0.412. The second-order valence-electron chi connectivity index (χ2n) is 5.90. The highest BCUT2D eigenvalue weighted by atomic mass is 32.1. The van der Waals surface area contributed by atoms with Crippen LogP contribution >= 0.6 is 11.3 Å². The van der Waals surface area contributed by atoms with Gasteiger partial charge in [0.25, 0.3) is 0 Å². The summed E-state index contributed by atoms with van der Waals surface area (Å²) in [4.78, 5) is 17.8. The van der Waals surface area contributed by atoms with E-state index in [2.05, 4.69) is 10.3 Å². The predicted octanol–water partition coefficient (Wildman–Crippen LogP) is 2.95. The van der Waals surface area contributed by atoms with E-state index >= 15 is 0 Å². The van der Waals surface area contributed by atoms with E-state index in [0.717, 1.165) is 29.0 Å². The summed E-state index contributed by atoms with van der Waals surface area (Å²) < 4.78 is 18.3. The minimum absolute atomic E-state index is 0.136. The summed E-state index contributed by atoms with van der Waals surface area (Å²) >= 11 is 1.39. The van der Waals surface area contributed by atoms with Gasteiger partial charge in [0.1, 0.15) is 5.82 Å². The van der Waals surface area contributed by atoms with Gasteiger partial charge >= 0.3 is 0 Å². The number of nitrogens with zero attached hydrogens (tertiary/aromatic N) is 1. The lowest BCUT2D eigenvalue weighted by atomic mass is 9.92. The number of hydrogen-bond acceptors (Lipinski definition) is 5. The van der Waals surface area contributed by atoms with E-state index in [9.17, 15) is 9.18 Å². The summed E-state index contributed by atoms with van der Waals surface area (Å²) in [6, 6.07) is 5.58. The molecule has 0 spiro atoms. The number of benzene rings is 1. The lowest BCUT2D eigenvalue weighted by Crippen LogP contribution is -2.43. The number of carbonyl (C=O) groups excluding carboxylic acids is 1. The Balaban J connectivity index is 1.70. The molecule has 1 saturated heterocycles. The maximum Gasteiger partial charge on any atom is 0.243 e. The lowest BCUT2D eigenvalue weighted by molar-refractivity contribution is -0.119. The van der Waals surface area contributed by atoms with Gasteiger partial charge in [0.2, 0.25) is 5.91 Å². The molecule has 0 aliphatic carbocycles. The maximum absolute atomic E-state index is 13.0. The van der Waals surface area contributed by atoms with E-state index in [4.69, 9.17) is 10.5 Å². The number of rotatable bonds is 4. The highest BCUT2D eigenvalue weighted by molar-refractivity contribution is 7.16. The third-order valence-electron chi connectivity index (χ3n) is 4.22. The Morgan fingerprint density at radius 1 is 1.38 bits per heavy atom. The molecule has 1 atom stereocenters. The van der Waals surface area contributed by atoms with Crippen molar-refractivity contribution < 1.29 is 13.9 Å². The Morgan fingerprint density at radius 2 is 2.04 bits per heavy atom. The van der Waals surface area contributed by atoms with Crippen LogP contribution in [-0.2, 0) is 9.53 Å². The number of anilines is 1. The molecule has 0 radical (unpaired) electrons. The van der Waals surface area contributed by atoms with Crippen molar-refractivity contribution in [1.82, 2.24) is 4.98 Å². The monoisotopic (exact) mass is 349 g/mol. The number of halogens is 1. The molecule has 1 unspecified atom stereocenters. The number of carbonyl (C=O) groups is 1. The second kappa shape index (κ2) is 7.38. The molecule has 3 N–H and O–H groups in total. The highest BCUT2D eigenvalue weighted by Gasteiger charge is 2.27. The van der Waals surface area contributed by atoms with Gasteiger partial charge in [0, 0.05) is 23.7 Å². The van der Waals surface area contributed by atoms with E-state index < -0.39 is 6.04 Å². The van der Waals surface area contributed by atoms with E-state index in [-0.39, 0.29) is 17.6 Å². The van der Waals surface area contributed by atoms with Crippen molar-refractivity contribution in [2.75, 3.05) is 18.5 Å². The van der Waals surface area contributed by atoms with Crippen LogP contribution in [-0.4, -0.2) is 30.1 Å². The standard InChI is InChI=1S/C17H20FN3O2S/c1-10-15(12-2-4-13(18)5-3-12)20-17(24-10)21-16(22)14(19)11-6-8-23-9-7-11/h2-5,11,14H,6-9,19H2,1H3,(H,20,21,22). The molecule has 1 fully saturated rings. The molecule has 1 amide bonds. The Hall–Kier alpha value is -1.83. The molecule has 1 aliphatic heterocycles. The number of nitrogens with one attached hydrogen (secondary N) is 1. The van der Waals surface area contributed by atoms with E-state index in [0.29, 0.717) is 18.3 Å². The first-order valence-corrected chi connectivity index (χ1v) is 8.74. The van der Waals surface area contributed by atoms with Crippen molar-refractivity contribution in [1.29, 1.82) is 0 Å². The third kappa shape index (κ3) is 3.80. The third-order valence-corrected chi connectivity index (χ3v) is 5.11. The molecule has 3 rings (SSSR count). The fourth-order valence-corrected chi connectivity index (χ4v) is 3.64. The predicted molar refractivity (Wildman–Crippen MR) is 92.4 cm³/mol. The second-order valence-corrected chi connectivity index (χ2v) is 7.10. The van der Waals surface area contributed by atoms with Crippen LogP contribution in [0.4, 0.5) is 9.52 Å². The molecular weight excluding hydrogens is 329 g/mol. The number of ether oxygens (including phenoxy) is 1. The van der Waals surface area contributed by atoms with E-state index in [1.165, 1.54) is 23.5 Å². The summed E-state index contributed by atoms with van der Waals surface area (Å²) in [5.74, 6) is -0.375. The molecule has 0 bridgehead atoms. The summed E-state index contributed by atoms with van der Waals surface area (Å²) in [5, 5.41) is 3.32. The number of aromatic nitrogens is 1. The Labute approximate surface area is 144 Å². The van der Waals surface area contributed by atoms with Crippen molar-refractivity contribution in [3.63, 3.8) is 0 Å². The number of hydrogen-bond donors (Lipinski definition) is 2. The molecule has 2 aromatic rings. The minimum Gasteiger partial charge on any atom is -0.381 e. The van der Waals surface area contributed by atoms with Crippen LogP contribution in [0.15, 0.2) is 24.3 Å². The van der Waals surface area contributed by atoms with Crippen LogP contribution in [0.5, 0.6) is 0 Å².